The Hall–Kier alpha value is -1.91. The number of rotatable bonds is 5. The molecule has 1 atom stereocenters. The predicted molar refractivity (Wildman–Crippen MR) is 79.5 cm³/mol. The van der Waals surface area contributed by atoms with Crippen molar-refractivity contribution in [2.75, 3.05) is 6.61 Å². The quantitative estimate of drug-likeness (QED) is 0.892. The molecule has 2 aromatic rings. The Labute approximate surface area is 127 Å². The van der Waals surface area contributed by atoms with Gasteiger partial charge in [-0.15, -0.1) is 0 Å². The van der Waals surface area contributed by atoms with Crippen molar-refractivity contribution in [1.82, 2.24) is 5.32 Å². The van der Waals surface area contributed by atoms with E-state index >= 15 is 0 Å². The number of hydrogen-bond acceptors (Lipinski definition) is 2. The van der Waals surface area contributed by atoms with Gasteiger partial charge in [-0.25, -0.2) is 4.39 Å². The average Bonchev–Trinajstić information content (AvgIpc) is 2.48. The summed E-state index contributed by atoms with van der Waals surface area (Å²) in [5, 5.41) is 12.7. The number of halogens is 2. The molecule has 2 rings (SSSR count). The number of amides is 1. The highest BCUT2D eigenvalue weighted by Crippen LogP contribution is 2.16. The van der Waals surface area contributed by atoms with Gasteiger partial charge in [-0.2, -0.15) is 0 Å². The van der Waals surface area contributed by atoms with Crippen LogP contribution in [-0.2, 0) is 11.2 Å². The maximum Gasteiger partial charge on any atom is 0.225 e. The van der Waals surface area contributed by atoms with Crippen LogP contribution in [0.25, 0.3) is 0 Å². The van der Waals surface area contributed by atoms with E-state index in [1.54, 1.807) is 42.5 Å². The Morgan fingerprint density at radius 1 is 1.19 bits per heavy atom. The average molecular weight is 308 g/mol. The summed E-state index contributed by atoms with van der Waals surface area (Å²) >= 11 is 5.80. The Morgan fingerprint density at radius 3 is 2.48 bits per heavy atom. The van der Waals surface area contributed by atoms with Gasteiger partial charge in [0.05, 0.1) is 19.1 Å². The third kappa shape index (κ3) is 4.28. The number of hydrogen-bond donors (Lipinski definition) is 2. The van der Waals surface area contributed by atoms with Crippen LogP contribution in [0.15, 0.2) is 48.5 Å². The summed E-state index contributed by atoms with van der Waals surface area (Å²) in [4.78, 5) is 12.0. The van der Waals surface area contributed by atoms with E-state index in [9.17, 15) is 14.3 Å². The topological polar surface area (TPSA) is 49.3 Å². The first kappa shape index (κ1) is 15.5. The maximum atomic E-state index is 13.5. The molecule has 0 saturated heterocycles. The molecule has 21 heavy (non-hydrogen) atoms. The van der Waals surface area contributed by atoms with Gasteiger partial charge in [-0.1, -0.05) is 41.9 Å². The second-order valence-corrected chi connectivity index (χ2v) is 5.06. The fraction of sp³-hybridized carbons (Fsp3) is 0.188. The number of carbonyl (C=O) groups is 1. The van der Waals surface area contributed by atoms with Crippen LogP contribution < -0.4 is 5.32 Å². The molecule has 0 aliphatic carbocycles. The number of aliphatic hydroxyl groups excluding tert-OH is 1. The molecular weight excluding hydrogens is 293 g/mol. The van der Waals surface area contributed by atoms with Crippen molar-refractivity contribution in [2.45, 2.75) is 12.5 Å². The number of benzene rings is 2. The van der Waals surface area contributed by atoms with E-state index in [1.807, 2.05) is 0 Å². The van der Waals surface area contributed by atoms with Gasteiger partial charge in [-0.05, 0) is 29.3 Å². The normalized spacial score (nSPS) is 12.0. The molecular formula is C16H15ClFNO2. The van der Waals surface area contributed by atoms with Crippen molar-refractivity contribution in [3.63, 3.8) is 0 Å². The van der Waals surface area contributed by atoms with Crippen LogP contribution in [0.3, 0.4) is 0 Å². The van der Waals surface area contributed by atoms with Crippen LogP contribution in [0.4, 0.5) is 4.39 Å². The molecule has 0 spiro atoms. The summed E-state index contributed by atoms with van der Waals surface area (Å²) in [6.07, 6.45) is -0.0727. The highest BCUT2D eigenvalue weighted by Gasteiger charge is 2.15. The van der Waals surface area contributed by atoms with Gasteiger partial charge in [-0.3, -0.25) is 4.79 Å². The number of nitrogens with one attached hydrogen (secondary N) is 1. The molecule has 0 saturated carbocycles. The van der Waals surface area contributed by atoms with Crippen LogP contribution in [0.1, 0.15) is 17.2 Å². The van der Waals surface area contributed by atoms with Crippen molar-refractivity contribution in [1.29, 1.82) is 0 Å². The highest BCUT2D eigenvalue weighted by atomic mass is 35.5. The highest BCUT2D eigenvalue weighted by molar-refractivity contribution is 6.30. The van der Waals surface area contributed by atoms with Gasteiger partial charge >= 0.3 is 0 Å². The fourth-order valence-electron chi connectivity index (χ4n) is 1.99. The van der Waals surface area contributed by atoms with Crippen molar-refractivity contribution < 1.29 is 14.3 Å². The zero-order chi connectivity index (χ0) is 15.2. The molecule has 0 aliphatic rings. The van der Waals surface area contributed by atoms with E-state index in [4.69, 9.17) is 11.6 Å². The largest absolute Gasteiger partial charge is 0.394 e. The second kappa shape index (κ2) is 7.20. The van der Waals surface area contributed by atoms with E-state index in [0.717, 1.165) is 5.56 Å². The zero-order valence-electron chi connectivity index (χ0n) is 11.2. The van der Waals surface area contributed by atoms with Crippen LogP contribution in [-0.4, -0.2) is 17.6 Å². The lowest BCUT2D eigenvalue weighted by molar-refractivity contribution is -0.121. The van der Waals surface area contributed by atoms with E-state index in [1.165, 1.54) is 6.07 Å². The van der Waals surface area contributed by atoms with E-state index < -0.39 is 11.9 Å². The minimum atomic E-state index is -0.540. The van der Waals surface area contributed by atoms with E-state index in [0.29, 0.717) is 10.6 Å². The lowest BCUT2D eigenvalue weighted by atomic mass is 10.1. The van der Waals surface area contributed by atoms with Crippen LogP contribution in [0.5, 0.6) is 0 Å². The van der Waals surface area contributed by atoms with Crippen molar-refractivity contribution in [3.05, 3.63) is 70.5 Å². The molecule has 0 aromatic heterocycles. The fourth-order valence-corrected chi connectivity index (χ4v) is 2.12. The molecule has 5 heteroatoms. The predicted octanol–water partition coefficient (Wildman–Crippen LogP) is 2.87. The molecule has 0 fully saturated rings. The molecule has 0 bridgehead atoms. The standard InChI is InChI=1S/C16H15ClFNO2/c17-13-7-5-11(6-8-13)15(10-20)19-16(21)9-12-3-1-2-4-14(12)18/h1-8,15,20H,9-10H2,(H,19,21). The monoisotopic (exact) mass is 307 g/mol. The lowest BCUT2D eigenvalue weighted by Gasteiger charge is -2.17. The van der Waals surface area contributed by atoms with Crippen molar-refractivity contribution in [3.8, 4) is 0 Å². The molecule has 1 unspecified atom stereocenters. The molecule has 1 amide bonds. The smallest absolute Gasteiger partial charge is 0.225 e. The molecule has 3 nitrogen and oxygen atoms in total. The lowest BCUT2D eigenvalue weighted by Crippen LogP contribution is -2.32. The summed E-state index contributed by atoms with van der Waals surface area (Å²) in [6, 6.07) is 12.4. The molecule has 2 N–H and O–H groups in total. The third-order valence-electron chi connectivity index (χ3n) is 3.10. The Bertz CT molecular complexity index is 616. The first-order chi connectivity index (χ1) is 10.1. The van der Waals surface area contributed by atoms with Gasteiger partial charge in [0.15, 0.2) is 0 Å². The van der Waals surface area contributed by atoms with Gasteiger partial charge < -0.3 is 10.4 Å². The van der Waals surface area contributed by atoms with Crippen LogP contribution >= 0.6 is 11.6 Å². The molecule has 0 aliphatic heterocycles. The van der Waals surface area contributed by atoms with Gasteiger partial charge in [0.25, 0.3) is 0 Å². The van der Waals surface area contributed by atoms with Crippen LogP contribution in [0, 0.1) is 5.82 Å². The van der Waals surface area contributed by atoms with Crippen molar-refractivity contribution >= 4 is 17.5 Å². The first-order valence-electron chi connectivity index (χ1n) is 6.49. The maximum absolute atomic E-state index is 13.5. The summed E-state index contributed by atoms with van der Waals surface area (Å²) in [5.41, 5.74) is 1.06. The molecule has 0 heterocycles. The van der Waals surface area contributed by atoms with E-state index in [-0.39, 0.29) is 18.9 Å². The Kier molecular flexibility index (Phi) is 5.31. The zero-order valence-corrected chi connectivity index (χ0v) is 12.0. The summed E-state index contributed by atoms with van der Waals surface area (Å²) < 4.78 is 13.5. The summed E-state index contributed by atoms with van der Waals surface area (Å²) in [5.74, 6) is -0.770. The molecule has 110 valence electrons. The number of carbonyl (C=O) groups excluding carboxylic acids is 1. The number of aliphatic hydroxyl groups is 1. The van der Waals surface area contributed by atoms with Gasteiger partial charge in [0.1, 0.15) is 5.82 Å². The van der Waals surface area contributed by atoms with Crippen LogP contribution in [0.2, 0.25) is 5.02 Å². The van der Waals surface area contributed by atoms with E-state index in [2.05, 4.69) is 5.32 Å². The molecule has 0 radical (unpaired) electrons. The van der Waals surface area contributed by atoms with Gasteiger partial charge in [0.2, 0.25) is 5.91 Å². The molecule has 2 aromatic carbocycles. The Morgan fingerprint density at radius 2 is 1.86 bits per heavy atom. The second-order valence-electron chi connectivity index (χ2n) is 4.62. The van der Waals surface area contributed by atoms with Gasteiger partial charge in [0, 0.05) is 5.02 Å². The SMILES string of the molecule is O=C(Cc1ccccc1F)NC(CO)c1ccc(Cl)cc1. The minimum Gasteiger partial charge on any atom is -0.394 e. The third-order valence-corrected chi connectivity index (χ3v) is 3.35. The Balaban J connectivity index is 2.03. The van der Waals surface area contributed by atoms with Crippen molar-refractivity contribution in [2.24, 2.45) is 0 Å². The minimum absolute atomic E-state index is 0.0727. The summed E-state index contributed by atoms with van der Waals surface area (Å²) in [7, 11) is 0. The first-order valence-corrected chi connectivity index (χ1v) is 6.87. The summed E-state index contributed by atoms with van der Waals surface area (Å²) in [6.45, 7) is -0.245.